The van der Waals surface area contributed by atoms with Gasteiger partial charge in [0.25, 0.3) is 5.91 Å². The van der Waals surface area contributed by atoms with Crippen LogP contribution in [-0.2, 0) is 9.59 Å². The van der Waals surface area contributed by atoms with Crippen molar-refractivity contribution in [3.8, 4) is 0 Å². The van der Waals surface area contributed by atoms with Crippen LogP contribution in [0.3, 0.4) is 0 Å². The van der Waals surface area contributed by atoms with Gasteiger partial charge in [0.1, 0.15) is 5.82 Å². The maximum atomic E-state index is 13.2. The fourth-order valence-electron chi connectivity index (χ4n) is 4.80. The highest BCUT2D eigenvalue weighted by atomic mass is 19.1. The van der Waals surface area contributed by atoms with Gasteiger partial charge in [-0.25, -0.2) is 4.39 Å². The molecule has 0 bridgehead atoms. The molecule has 8 heteroatoms. The molecule has 35 heavy (non-hydrogen) atoms. The van der Waals surface area contributed by atoms with Crippen molar-refractivity contribution in [3.63, 3.8) is 0 Å². The number of piperidine rings is 1. The number of nitrogens with one attached hydrogen (secondary N) is 1. The topological polar surface area (TPSA) is 73.0 Å². The highest BCUT2D eigenvalue weighted by Gasteiger charge is 2.33. The minimum atomic E-state index is -0.379. The lowest BCUT2D eigenvalue weighted by atomic mass is 9.95. The van der Waals surface area contributed by atoms with Crippen molar-refractivity contribution in [2.45, 2.75) is 26.7 Å². The van der Waals surface area contributed by atoms with Crippen LogP contribution in [0.5, 0.6) is 0 Å². The molecule has 1 atom stereocenters. The number of carbonyl (C=O) groups excluding carboxylic acids is 3. The van der Waals surface area contributed by atoms with Gasteiger partial charge < -0.3 is 15.1 Å². The Bertz CT molecular complexity index is 1080. The number of nitrogens with zero attached hydrogens (tertiary/aromatic N) is 3. The Labute approximate surface area is 205 Å². The molecule has 2 aliphatic heterocycles. The molecule has 2 aliphatic rings. The maximum absolute atomic E-state index is 13.2. The first-order valence-electron chi connectivity index (χ1n) is 12.2. The van der Waals surface area contributed by atoms with Crippen LogP contribution in [0.1, 0.15) is 34.3 Å². The Hall–Kier alpha value is -3.26. The summed E-state index contributed by atoms with van der Waals surface area (Å²) in [6.45, 7) is 7.69. The van der Waals surface area contributed by atoms with Gasteiger partial charge >= 0.3 is 0 Å². The quantitative estimate of drug-likeness (QED) is 0.714. The summed E-state index contributed by atoms with van der Waals surface area (Å²) in [5.41, 5.74) is 3.47. The second-order valence-electron chi connectivity index (χ2n) is 9.49. The molecule has 0 aliphatic carbocycles. The fourth-order valence-corrected chi connectivity index (χ4v) is 4.80. The van der Waals surface area contributed by atoms with Gasteiger partial charge in [0.2, 0.25) is 11.8 Å². The van der Waals surface area contributed by atoms with Crippen LogP contribution >= 0.6 is 0 Å². The summed E-state index contributed by atoms with van der Waals surface area (Å²) in [6.07, 6.45) is 1.52. The number of aryl methyl sites for hydroxylation is 1. The first-order valence-corrected chi connectivity index (χ1v) is 12.2. The van der Waals surface area contributed by atoms with Gasteiger partial charge in [-0.1, -0.05) is 12.1 Å². The predicted molar refractivity (Wildman–Crippen MR) is 133 cm³/mol. The SMILES string of the molecule is Cc1cccc(NC(=O)CN2CCN(C(=O)[C@H]3CCCN(C(=O)c4ccc(F)cc4)C3)CC2)c1C. The van der Waals surface area contributed by atoms with E-state index >= 15 is 0 Å². The van der Waals surface area contributed by atoms with E-state index in [-0.39, 0.29) is 29.5 Å². The lowest BCUT2D eigenvalue weighted by molar-refractivity contribution is -0.138. The van der Waals surface area contributed by atoms with Crippen LogP contribution in [0.2, 0.25) is 0 Å². The number of piperazine rings is 1. The van der Waals surface area contributed by atoms with E-state index in [2.05, 4.69) is 10.2 Å². The van der Waals surface area contributed by atoms with Crippen LogP contribution in [0, 0.1) is 25.6 Å². The smallest absolute Gasteiger partial charge is 0.253 e. The minimum absolute atomic E-state index is 0.0549. The molecule has 2 aromatic rings. The molecule has 2 fully saturated rings. The summed E-state index contributed by atoms with van der Waals surface area (Å²) in [6, 6.07) is 11.4. The number of halogens is 1. The number of rotatable bonds is 5. The summed E-state index contributed by atoms with van der Waals surface area (Å²) < 4.78 is 13.2. The zero-order valence-electron chi connectivity index (χ0n) is 20.4. The highest BCUT2D eigenvalue weighted by molar-refractivity contribution is 5.95. The molecule has 7 nitrogen and oxygen atoms in total. The van der Waals surface area contributed by atoms with Gasteiger partial charge in [0, 0.05) is 50.5 Å². The van der Waals surface area contributed by atoms with E-state index < -0.39 is 0 Å². The Morgan fingerprint density at radius 1 is 0.943 bits per heavy atom. The second kappa shape index (κ2) is 11.0. The van der Waals surface area contributed by atoms with Gasteiger partial charge in [0.15, 0.2) is 0 Å². The maximum Gasteiger partial charge on any atom is 0.253 e. The fraction of sp³-hybridized carbons (Fsp3) is 0.444. The average molecular weight is 481 g/mol. The number of hydrogen-bond donors (Lipinski definition) is 1. The van der Waals surface area contributed by atoms with E-state index in [9.17, 15) is 18.8 Å². The van der Waals surface area contributed by atoms with Crippen LogP contribution in [-0.4, -0.2) is 78.2 Å². The average Bonchev–Trinajstić information content (AvgIpc) is 2.87. The predicted octanol–water partition coefficient (Wildman–Crippen LogP) is 3.08. The van der Waals surface area contributed by atoms with E-state index in [1.165, 1.54) is 24.3 Å². The van der Waals surface area contributed by atoms with Gasteiger partial charge in [-0.15, -0.1) is 0 Å². The zero-order chi connectivity index (χ0) is 24.9. The van der Waals surface area contributed by atoms with Crippen molar-refractivity contribution in [2.24, 2.45) is 5.92 Å². The number of hydrogen-bond acceptors (Lipinski definition) is 4. The van der Waals surface area contributed by atoms with Crippen LogP contribution in [0.15, 0.2) is 42.5 Å². The molecule has 0 aromatic heterocycles. The molecular weight excluding hydrogens is 447 g/mol. The van der Waals surface area contributed by atoms with Crippen molar-refractivity contribution >= 4 is 23.4 Å². The van der Waals surface area contributed by atoms with E-state index in [4.69, 9.17) is 0 Å². The van der Waals surface area contributed by atoms with Crippen LogP contribution in [0.25, 0.3) is 0 Å². The van der Waals surface area contributed by atoms with Gasteiger partial charge in [-0.05, 0) is 68.1 Å². The molecule has 0 unspecified atom stereocenters. The Morgan fingerprint density at radius 3 is 2.37 bits per heavy atom. The summed E-state index contributed by atoms with van der Waals surface area (Å²) in [5, 5.41) is 3.00. The normalized spacial score (nSPS) is 18.9. The van der Waals surface area contributed by atoms with Crippen molar-refractivity contribution < 1.29 is 18.8 Å². The first kappa shape index (κ1) is 24.9. The first-order chi connectivity index (χ1) is 16.8. The molecule has 2 aromatic carbocycles. The van der Waals surface area contributed by atoms with E-state index in [1.807, 2.05) is 36.9 Å². The van der Waals surface area contributed by atoms with Crippen LogP contribution < -0.4 is 5.32 Å². The number of carbonyl (C=O) groups is 3. The van der Waals surface area contributed by atoms with Gasteiger partial charge in [-0.2, -0.15) is 0 Å². The number of benzene rings is 2. The number of anilines is 1. The molecular formula is C27H33FN4O3. The molecule has 2 saturated heterocycles. The van der Waals surface area contributed by atoms with Crippen LogP contribution in [0.4, 0.5) is 10.1 Å². The van der Waals surface area contributed by atoms with Gasteiger partial charge in [0.05, 0.1) is 12.5 Å². The summed E-state index contributed by atoms with van der Waals surface area (Å²) >= 11 is 0. The standard InChI is InChI=1S/C27H33FN4O3/c1-19-5-3-7-24(20(19)2)29-25(33)18-30-13-15-31(16-14-30)27(35)22-6-4-12-32(17-22)26(34)21-8-10-23(28)11-9-21/h3,5,7-11,22H,4,6,12-18H2,1-2H3,(H,29,33)/t22-/m0/s1. The Morgan fingerprint density at radius 2 is 1.66 bits per heavy atom. The summed E-state index contributed by atoms with van der Waals surface area (Å²) in [7, 11) is 0. The monoisotopic (exact) mass is 480 g/mol. The molecule has 186 valence electrons. The third kappa shape index (κ3) is 6.06. The highest BCUT2D eigenvalue weighted by Crippen LogP contribution is 2.22. The lowest BCUT2D eigenvalue weighted by Crippen LogP contribution is -2.54. The molecule has 2 heterocycles. The van der Waals surface area contributed by atoms with E-state index in [0.29, 0.717) is 51.4 Å². The molecule has 1 N–H and O–H groups in total. The zero-order valence-corrected chi connectivity index (χ0v) is 20.4. The molecule has 0 saturated carbocycles. The summed E-state index contributed by atoms with van der Waals surface area (Å²) in [5.74, 6) is -0.758. The number of amides is 3. The molecule has 0 spiro atoms. The third-order valence-electron chi connectivity index (χ3n) is 7.08. The van der Waals surface area contributed by atoms with Crippen molar-refractivity contribution in [1.82, 2.24) is 14.7 Å². The largest absolute Gasteiger partial charge is 0.340 e. The second-order valence-corrected chi connectivity index (χ2v) is 9.49. The van der Waals surface area contributed by atoms with Gasteiger partial charge in [-0.3, -0.25) is 19.3 Å². The molecule has 4 rings (SSSR count). The third-order valence-corrected chi connectivity index (χ3v) is 7.08. The van der Waals surface area contributed by atoms with Crippen molar-refractivity contribution in [3.05, 3.63) is 65.0 Å². The van der Waals surface area contributed by atoms with Crippen molar-refractivity contribution in [2.75, 3.05) is 51.1 Å². The Balaban J connectivity index is 1.26. The molecule has 0 radical (unpaired) electrons. The summed E-state index contributed by atoms with van der Waals surface area (Å²) in [4.78, 5) is 44.2. The minimum Gasteiger partial charge on any atom is -0.340 e. The lowest BCUT2D eigenvalue weighted by Gasteiger charge is -2.38. The number of likely N-dealkylation sites (tertiary alicyclic amines) is 1. The van der Waals surface area contributed by atoms with Crippen molar-refractivity contribution in [1.29, 1.82) is 0 Å². The Kier molecular flexibility index (Phi) is 7.80. The van der Waals surface area contributed by atoms with E-state index in [0.717, 1.165) is 29.7 Å². The molecule has 3 amide bonds. The van der Waals surface area contributed by atoms with E-state index in [1.54, 1.807) is 4.90 Å².